The molecule has 1 aliphatic carbocycles. The van der Waals surface area contributed by atoms with Crippen LogP contribution in [0.2, 0.25) is 0 Å². The molecule has 0 saturated heterocycles. The fraction of sp³-hybridized carbons (Fsp3) is 0.467. The molecule has 0 atom stereocenters. The van der Waals surface area contributed by atoms with Crippen LogP contribution in [-0.4, -0.2) is 34.6 Å². The van der Waals surface area contributed by atoms with Crippen molar-refractivity contribution in [2.24, 2.45) is 10.9 Å². The SMILES string of the molecule is Cc1cccc(NC(=O)N(CC(N)=NO)C2CCCC2)c1. The standard InChI is InChI=1S/C15H22N4O2/c1-11-5-4-6-12(9-11)17-15(20)19(10-14(16)18-21)13-7-2-3-8-13/h4-6,9,13,21H,2-3,7-8,10H2,1H3,(H2,16,18)(H,17,20). The van der Waals surface area contributed by atoms with Crippen molar-refractivity contribution in [3.8, 4) is 0 Å². The van der Waals surface area contributed by atoms with Gasteiger partial charge in [0.15, 0.2) is 5.84 Å². The number of amides is 2. The number of rotatable bonds is 4. The number of amidine groups is 1. The molecule has 1 saturated carbocycles. The van der Waals surface area contributed by atoms with E-state index in [4.69, 9.17) is 10.9 Å². The number of hydrogen-bond donors (Lipinski definition) is 3. The quantitative estimate of drug-likeness (QED) is 0.344. The number of oxime groups is 1. The molecule has 6 nitrogen and oxygen atoms in total. The van der Waals surface area contributed by atoms with Gasteiger partial charge in [-0.1, -0.05) is 30.1 Å². The number of nitrogens with two attached hydrogens (primary N) is 1. The minimum Gasteiger partial charge on any atom is -0.409 e. The van der Waals surface area contributed by atoms with E-state index in [2.05, 4.69) is 10.5 Å². The number of anilines is 1. The third kappa shape index (κ3) is 4.11. The van der Waals surface area contributed by atoms with Gasteiger partial charge in [-0.05, 0) is 37.5 Å². The van der Waals surface area contributed by atoms with E-state index in [-0.39, 0.29) is 24.5 Å². The minimum absolute atomic E-state index is 0.0429. The van der Waals surface area contributed by atoms with Gasteiger partial charge in [-0.2, -0.15) is 0 Å². The lowest BCUT2D eigenvalue weighted by Gasteiger charge is -2.28. The summed E-state index contributed by atoms with van der Waals surface area (Å²) in [7, 11) is 0. The number of carbonyl (C=O) groups is 1. The van der Waals surface area contributed by atoms with Crippen LogP contribution in [0.25, 0.3) is 0 Å². The minimum atomic E-state index is -0.209. The molecule has 2 amide bonds. The molecule has 0 unspecified atom stereocenters. The van der Waals surface area contributed by atoms with Crippen molar-refractivity contribution >= 4 is 17.6 Å². The Hall–Kier alpha value is -2.24. The second-order valence-corrected chi connectivity index (χ2v) is 5.46. The highest BCUT2D eigenvalue weighted by Crippen LogP contribution is 2.24. The molecule has 0 bridgehead atoms. The summed E-state index contributed by atoms with van der Waals surface area (Å²) in [5.74, 6) is 0.0429. The third-order valence-corrected chi connectivity index (χ3v) is 3.76. The van der Waals surface area contributed by atoms with Crippen LogP contribution in [0.4, 0.5) is 10.5 Å². The lowest BCUT2D eigenvalue weighted by Crippen LogP contribution is -2.46. The Morgan fingerprint density at radius 2 is 2.19 bits per heavy atom. The molecule has 21 heavy (non-hydrogen) atoms. The highest BCUT2D eigenvalue weighted by molar-refractivity contribution is 5.93. The van der Waals surface area contributed by atoms with Crippen molar-refractivity contribution in [1.82, 2.24) is 4.90 Å². The molecule has 4 N–H and O–H groups in total. The molecule has 1 aliphatic rings. The average molecular weight is 290 g/mol. The average Bonchev–Trinajstić information content (AvgIpc) is 2.98. The van der Waals surface area contributed by atoms with Gasteiger partial charge in [-0.3, -0.25) is 0 Å². The van der Waals surface area contributed by atoms with E-state index in [1.165, 1.54) is 0 Å². The van der Waals surface area contributed by atoms with Gasteiger partial charge in [-0.15, -0.1) is 0 Å². The van der Waals surface area contributed by atoms with Crippen LogP contribution < -0.4 is 11.1 Å². The summed E-state index contributed by atoms with van der Waals surface area (Å²) < 4.78 is 0. The van der Waals surface area contributed by atoms with Crippen LogP contribution in [0.3, 0.4) is 0 Å². The molecule has 1 aromatic rings. The summed E-state index contributed by atoms with van der Waals surface area (Å²) in [5.41, 5.74) is 7.41. The van der Waals surface area contributed by atoms with Crippen LogP contribution in [0.15, 0.2) is 29.4 Å². The number of hydrogen-bond acceptors (Lipinski definition) is 3. The molecule has 114 valence electrons. The van der Waals surface area contributed by atoms with Crippen molar-refractivity contribution in [1.29, 1.82) is 0 Å². The number of aryl methyl sites for hydroxylation is 1. The number of benzene rings is 1. The molecule has 0 aromatic heterocycles. The molecular weight excluding hydrogens is 268 g/mol. The van der Waals surface area contributed by atoms with Crippen molar-refractivity contribution in [2.75, 3.05) is 11.9 Å². The largest absolute Gasteiger partial charge is 0.409 e. The second kappa shape index (κ2) is 6.97. The van der Waals surface area contributed by atoms with Gasteiger partial charge in [0.25, 0.3) is 0 Å². The molecule has 1 aromatic carbocycles. The van der Waals surface area contributed by atoms with Crippen molar-refractivity contribution in [3.05, 3.63) is 29.8 Å². The molecule has 0 heterocycles. The summed E-state index contributed by atoms with van der Waals surface area (Å²) in [4.78, 5) is 14.1. The van der Waals surface area contributed by atoms with Gasteiger partial charge in [-0.25, -0.2) is 4.79 Å². The zero-order chi connectivity index (χ0) is 15.2. The number of carbonyl (C=O) groups excluding carboxylic acids is 1. The maximum absolute atomic E-state index is 12.5. The Bertz CT molecular complexity index is 524. The highest BCUT2D eigenvalue weighted by Gasteiger charge is 2.27. The topological polar surface area (TPSA) is 91.0 Å². The van der Waals surface area contributed by atoms with Crippen LogP contribution in [-0.2, 0) is 0 Å². The zero-order valence-electron chi connectivity index (χ0n) is 12.2. The first-order valence-electron chi connectivity index (χ1n) is 7.21. The normalized spacial score (nSPS) is 16.0. The van der Waals surface area contributed by atoms with E-state index in [1.54, 1.807) is 4.90 Å². The fourth-order valence-corrected chi connectivity index (χ4v) is 2.71. The molecular formula is C15H22N4O2. The molecule has 0 radical (unpaired) electrons. The van der Waals surface area contributed by atoms with Crippen molar-refractivity contribution in [2.45, 2.75) is 38.6 Å². The van der Waals surface area contributed by atoms with Gasteiger partial charge in [0.05, 0.1) is 6.54 Å². The summed E-state index contributed by atoms with van der Waals surface area (Å²) in [6, 6.07) is 7.57. The van der Waals surface area contributed by atoms with Gasteiger partial charge in [0, 0.05) is 11.7 Å². The van der Waals surface area contributed by atoms with Crippen LogP contribution in [0.1, 0.15) is 31.2 Å². The predicted molar refractivity (Wildman–Crippen MR) is 82.6 cm³/mol. The zero-order valence-corrected chi connectivity index (χ0v) is 12.2. The monoisotopic (exact) mass is 290 g/mol. The molecule has 6 heteroatoms. The summed E-state index contributed by atoms with van der Waals surface area (Å²) >= 11 is 0. The Balaban J connectivity index is 2.09. The lowest BCUT2D eigenvalue weighted by atomic mass is 10.2. The molecule has 2 rings (SSSR count). The van der Waals surface area contributed by atoms with Crippen molar-refractivity contribution in [3.63, 3.8) is 0 Å². The second-order valence-electron chi connectivity index (χ2n) is 5.46. The first-order chi connectivity index (χ1) is 10.1. The van der Waals surface area contributed by atoms with Gasteiger partial charge < -0.3 is 21.2 Å². The van der Waals surface area contributed by atoms with E-state index in [1.807, 2.05) is 31.2 Å². The number of nitrogens with zero attached hydrogens (tertiary/aromatic N) is 2. The van der Waals surface area contributed by atoms with Gasteiger partial charge in [0.1, 0.15) is 0 Å². The van der Waals surface area contributed by atoms with E-state index in [9.17, 15) is 4.79 Å². The van der Waals surface area contributed by atoms with E-state index >= 15 is 0 Å². The van der Waals surface area contributed by atoms with Crippen LogP contribution in [0.5, 0.6) is 0 Å². The van der Waals surface area contributed by atoms with E-state index in [0.717, 1.165) is 36.9 Å². The summed E-state index contributed by atoms with van der Waals surface area (Å²) in [6.07, 6.45) is 4.13. The smallest absolute Gasteiger partial charge is 0.322 e. The maximum atomic E-state index is 12.5. The molecule has 0 spiro atoms. The Labute approximate surface area is 124 Å². The van der Waals surface area contributed by atoms with Crippen LogP contribution in [0, 0.1) is 6.92 Å². The van der Waals surface area contributed by atoms with E-state index in [0.29, 0.717) is 0 Å². The summed E-state index contributed by atoms with van der Waals surface area (Å²) in [6.45, 7) is 2.11. The first kappa shape index (κ1) is 15.2. The number of urea groups is 1. The lowest BCUT2D eigenvalue weighted by molar-refractivity contribution is 0.197. The predicted octanol–water partition coefficient (Wildman–Crippen LogP) is 2.52. The fourth-order valence-electron chi connectivity index (χ4n) is 2.71. The first-order valence-corrected chi connectivity index (χ1v) is 7.21. The van der Waals surface area contributed by atoms with Crippen LogP contribution >= 0.6 is 0 Å². The number of nitrogens with one attached hydrogen (secondary N) is 1. The third-order valence-electron chi connectivity index (χ3n) is 3.76. The highest BCUT2D eigenvalue weighted by atomic mass is 16.4. The summed E-state index contributed by atoms with van der Waals surface area (Å²) in [5, 5.41) is 14.6. The van der Waals surface area contributed by atoms with E-state index < -0.39 is 0 Å². The Kier molecular flexibility index (Phi) is 5.03. The van der Waals surface area contributed by atoms with Gasteiger partial charge in [0.2, 0.25) is 0 Å². The molecule has 0 aliphatic heterocycles. The maximum Gasteiger partial charge on any atom is 0.322 e. The Morgan fingerprint density at radius 1 is 1.48 bits per heavy atom. The Morgan fingerprint density at radius 3 is 2.81 bits per heavy atom. The van der Waals surface area contributed by atoms with Crippen molar-refractivity contribution < 1.29 is 10.0 Å². The molecule has 1 fully saturated rings. The van der Waals surface area contributed by atoms with Gasteiger partial charge >= 0.3 is 6.03 Å².